The van der Waals surface area contributed by atoms with E-state index in [4.69, 9.17) is 4.98 Å². The van der Waals surface area contributed by atoms with Crippen molar-refractivity contribution in [1.29, 1.82) is 0 Å². The fraction of sp³-hybridized carbons (Fsp3) is 0.353. The Balaban J connectivity index is 1.62. The van der Waals surface area contributed by atoms with Crippen molar-refractivity contribution in [2.24, 2.45) is 0 Å². The van der Waals surface area contributed by atoms with Crippen molar-refractivity contribution >= 4 is 23.1 Å². The molecule has 23 heavy (non-hydrogen) atoms. The van der Waals surface area contributed by atoms with Crippen LogP contribution in [0.3, 0.4) is 0 Å². The Morgan fingerprint density at radius 1 is 1.13 bits per heavy atom. The highest BCUT2D eigenvalue weighted by atomic mass is 32.2. The first-order chi connectivity index (χ1) is 11.3. The number of thioether (sulfide) groups is 1. The summed E-state index contributed by atoms with van der Waals surface area (Å²) in [6.07, 6.45) is 3.09. The van der Waals surface area contributed by atoms with Gasteiger partial charge in [-0.2, -0.15) is 0 Å². The van der Waals surface area contributed by atoms with Crippen LogP contribution in [0.25, 0.3) is 10.6 Å². The van der Waals surface area contributed by atoms with E-state index in [1.807, 2.05) is 0 Å². The lowest BCUT2D eigenvalue weighted by atomic mass is 10.1. The zero-order valence-electron chi connectivity index (χ0n) is 13.4. The molecule has 1 aromatic carbocycles. The van der Waals surface area contributed by atoms with Crippen LogP contribution in [0.15, 0.2) is 34.8 Å². The van der Waals surface area contributed by atoms with Crippen LogP contribution in [-0.2, 0) is 18.6 Å². The second-order valence-corrected chi connectivity index (χ2v) is 7.10. The topological polar surface area (TPSA) is 54.5 Å². The summed E-state index contributed by atoms with van der Waals surface area (Å²) in [5.41, 5.74) is 3.62. The Hall–Kier alpha value is -1.66. The number of rotatable bonds is 7. The molecule has 0 radical (unpaired) electrons. The number of benzene rings is 1. The molecule has 0 aliphatic carbocycles. The molecule has 0 aliphatic rings. The van der Waals surface area contributed by atoms with Crippen LogP contribution in [0.4, 0.5) is 0 Å². The van der Waals surface area contributed by atoms with Crippen LogP contribution in [0.2, 0.25) is 0 Å². The SMILES string of the molecule is CCCc1nc(SCc2csc(-c3ccc(CC)cc3)n2)n[nH]1. The van der Waals surface area contributed by atoms with Gasteiger partial charge in [-0.25, -0.2) is 9.97 Å². The first-order valence-corrected chi connectivity index (χ1v) is 9.72. The van der Waals surface area contributed by atoms with Crippen LogP contribution >= 0.6 is 23.1 Å². The molecule has 0 amide bonds. The fourth-order valence-electron chi connectivity index (χ4n) is 2.22. The summed E-state index contributed by atoms with van der Waals surface area (Å²) in [7, 11) is 0. The minimum atomic E-state index is 0.799. The summed E-state index contributed by atoms with van der Waals surface area (Å²) in [5, 5.41) is 11.2. The molecule has 4 nitrogen and oxygen atoms in total. The molecule has 0 spiro atoms. The summed E-state index contributed by atoms with van der Waals surface area (Å²) in [4.78, 5) is 9.20. The lowest BCUT2D eigenvalue weighted by Gasteiger charge is -1.99. The Bertz CT molecular complexity index is 746. The average Bonchev–Trinajstić information content (AvgIpc) is 3.23. The van der Waals surface area contributed by atoms with E-state index in [9.17, 15) is 0 Å². The second kappa shape index (κ2) is 7.75. The minimum Gasteiger partial charge on any atom is -0.262 e. The zero-order valence-corrected chi connectivity index (χ0v) is 15.0. The van der Waals surface area contributed by atoms with E-state index in [0.29, 0.717) is 0 Å². The van der Waals surface area contributed by atoms with Crippen LogP contribution in [0.1, 0.15) is 37.4 Å². The molecule has 120 valence electrons. The molecule has 0 saturated heterocycles. The molecule has 2 heterocycles. The molecule has 0 unspecified atom stereocenters. The van der Waals surface area contributed by atoms with E-state index in [1.165, 1.54) is 11.1 Å². The van der Waals surface area contributed by atoms with Crippen molar-refractivity contribution in [1.82, 2.24) is 20.2 Å². The molecular formula is C17H20N4S2. The van der Waals surface area contributed by atoms with E-state index in [0.717, 1.165) is 46.7 Å². The van der Waals surface area contributed by atoms with Crippen LogP contribution < -0.4 is 0 Å². The van der Waals surface area contributed by atoms with Crippen molar-refractivity contribution in [2.75, 3.05) is 0 Å². The molecule has 1 N–H and O–H groups in total. The number of nitrogens with zero attached hydrogens (tertiary/aromatic N) is 3. The Kier molecular flexibility index (Phi) is 5.46. The molecule has 3 aromatic rings. The summed E-state index contributed by atoms with van der Waals surface area (Å²) in [6, 6.07) is 8.66. The van der Waals surface area contributed by atoms with Crippen LogP contribution in [-0.4, -0.2) is 20.2 Å². The van der Waals surface area contributed by atoms with E-state index < -0.39 is 0 Å². The Morgan fingerprint density at radius 3 is 2.70 bits per heavy atom. The van der Waals surface area contributed by atoms with Gasteiger partial charge < -0.3 is 0 Å². The normalized spacial score (nSPS) is 11.0. The van der Waals surface area contributed by atoms with Gasteiger partial charge in [0.2, 0.25) is 5.16 Å². The third-order valence-corrected chi connectivity index (χ3v) is 5.33. The average molecular weight is 345 g/mol. The maximum absolute atomic E-state index is 4.73. The number of aromatic amines is 1. The number of aryl methyl sites for hydroxylation is 2. The predicted molar refractivity (Wildman–Crippen MR) is 96.9 cm³/mol. The first-order valence-electron chi connectivity index (χ1n) is 7.86. The van der Waals surface area contributed by atoms with Crippen LogP contribution in [0, 0.1) is 0 Å². The third-order valence-electron chi connectivity index (χ3n) is 3.51. The van der Waals surface area contributed by atoms with E-state index in [-0.39, 0.29) is 0 Å². The quantitative estimate of drug-likeness (QED) is 0.629. The molecule has 0 bridgehead atoms. The van der Waals surface area contributed by atoms with E-state index in [2.05, 4.69) is 58.7 Å². The maximum atomic E-state index is 4.73. The molecular weight excluding hydrogens is 324 g/mol. The highest BCUT2D eigenvalue weighted by molar-refractivity contribution is 7.98. The second-order valence-electron chi connectivity index (χ2n) is 5.30. The first kappa shape index (κ1) is 16.2. The van der Waals surface area contributed by atoms with Gasteiger partial charge in [0.1, 0.15) is 10.8 Å². The van der Waals surface area contributed by atoms with Gasteiger partial charge in [0.05, 0.1) is 5.69 Å². The summed E-state index contributed by atoms with van der Waals surface area (Å²) >= 11 is 3.32. The van der Waals surface area contributed by atoms with Crippen molar-refractivity contribution in [3.05, 3.63) is 46.7 Å². The maximum Gasteiger partial charge on any atom is 0.208 e. The predicted octanol–water partition coefficient (Wildman–Crippen LogP) is 4.74. The highest BCUT2D eigenvalue weighted by Gasteiger charge is 2.08. The Morgan fingerprint density at radius 2 is 1.96 bits per heavy atom. The smallest absolute Gasteiger partial charge is 0.208 e. The lowest BCUT2D eigenvalue weighted by molar-refractivity contribution is 0.840. The van der Waals surface area contributed by atoms with Gasteiger partial charge in [-0.1, -0.05) is 49.9 Å². The van der Waals surface area contributed by atoms with Gasteiger partial charge >= 0.3 is 0 Å². The van der Waals surface area contributed by atoms with E-state index in [1.54, 1.807) is 23.1 Å². The van der Waals surface area contributed by atoms with Crippen LogP contribution in [0.5, 0.6) is 0 Å². The van der Waals surface area contributed by atoms with Gasteiger partial charge in [0, 0.05) is 23.1 Å². The molecule has 0 atom stereocenters. The number of hydrogen-bond acceptors (Lipinski definition) is 5. The highest BCUT2D eigenvalue weighted by Crippen LogP contribution is 2.27. The van der Waals surface area contributed by atoms with Crippen molar-refractivity contribution in [2.45, 2.75) is 44.0 Å². The lowest BCUT2D eigenvalue weighted by Crippen LogP contribution is -1.85. The van der Waals surface area contributed by atoms with Crippen molar-refractivity contribution in [3.63, 3.8) is 0 Å². The van der Waals surface area contributed by atoms with Gasteiger partial charge in [-0.15, -0.1) is 16.4 Å². The Labute approximate surface area is 144 Å². The van der Waals surface area contributed by atoms with Gasteiger partial charge in [0.15, 0.2) is 0 Å². The molecule has 0 saturated carbocycles. The zero-order chi connectivity index (χ0) is 16.1. The minimum absolute atomic E-state index is 0.799. The summed E-state index contributed by atoms with van der Waals surface area (Å²) in [5.74, 6) is 1.76. The summed E-state index contributed by atoms with van der Waals surface area (Å²) < 4.78 is 0. The molecule has 6 heteroatoms. The van der Waals surface area contributed by atoms with Crippen molar-refractivity contribution in [3.8, 4) is 10.6 Å². The largest absolute Gasteiger partial charge is 0.262 e. The number of nitrogens with one attached hydrogen (secondary N) is 1. The molecule has 0 aliphatic heterocycles. The standard InChI is InChI=1S/C17H20N4S2/c1-3-5-15-19-17(21-20-15)23-11-14-10-22-16(18-14)13-8-6-12(4-2)7-9-13/h6-10H,3-5,11H2,1-2H3,(H,19,20,21). The number of thiazole rings is 1. The summed E-state index contributed by atoms with van der Waals surface area (Å²) in [6.45, 7) is 4.31. The molecule has 3 rings (SSSR count). The fourth-order valence-corrected chi connectivity index (χ4v) is 3.86. The van der Waals surface area contributed by atoms with Gasteiger partial charge in [-0.05, 0) is 18.4 Å². The number of hydrogen-bond donors (Lipinski definition) is 1. The molecule has 0 fully saturated rings. The van der Waals surface area contributed by atoms with E-state index >= 15 is 0 Å². The third kappa shape index (κ3) is 4.20. The number of H-pyrrole nitrogens is 1. The number of aromatic nitrogens is 4. The molecule has 2 aromatic heterocycles. The van der Waals surface area contributed by atoms with Gasteiger partial charge in [0.25, 0.3) is 0 Å². The van der Waals surface area contributed by atoms with Crippen molar-refractivity contribution < 1.29 is 0 Å². The van der Waals surface area contributed by atoms with Gasteiger partial charge in [-0.3, -0.25) is 5.10 Å². The monoisotopic (exact) mass is 344 g/mol.